The molecule has 5 aromatic carbocycles. The first-order valence-electron chi connectivity index (χ1n) is 14.0. The van der Waals surface area contributed by atoms with E-state index in [1.807, 2.05) is 135 Å². The molecule has 8 rings (SSSR count). The van der Waals surface area contributed by atoms with Gasteiger partial charge in [-0.25, -0.2) is 4.79 Å². The summed E-state index contributed by atoms with van der Waals surface area (Å²) in [6, 6.07) is 32.1. The Morgan fingerprint density at radius 2 is 1.21 bits per heavy atom. The average Bonchev–Trinajstić information content (AvgIpc) is 3.03. The van der Waals surface area contributed by atoms with Crippen molar-refractivity contribution in [3.63, 3.8) is 0 Å². The van der Waals surface area contributed by atoms with Crippen molar-refractivity contribution in [2.45, 2.75) is 13.8 Å². The molecule has 3 aliphatic heterocycles. The highest BCUT2D eigenvalue weighted by molar-refractivity contribution is 7.86. The monoisotopic (exact) mass is 584 g/mol. The van der Waals surface area contributed by atoms with E-state index in [9.17, 15) is 4.79 Å². The third-order valence-corrected chi connectivity index (χ3v) is 15.0. The molecule has 7 heteroatoms. The van der Waals surface area contributed by atoms with Gasteiger partial charge in [-0.2, -0.15) is 0 Å². The van der Waals surface area contributed by atoms with E-state index in [0.717, 1.165) is 10.8 Å². The Balaban J connectivity index is 1.58. The van der Waals surface area contributed by atoms with Crippen LogP contribution in [0.1, 0.15) is 13.8 Å². The van der Waals surface area contributed by atoms with Gasteiger partial charge in [-0.05, 0) is 55.6 Å². The number of urea groups is 1. The number of hydrogen-bond acceptors (Lipinski definition) is 3. The van der Waals surface area contributed by atoms with Crippen molar-refractivity contribution in [2.75, 3.05) is 9.80 Å². The van der Waals surface area contributed by atoms with Crippen molar-refractivity contribution in [2.24, 2.45) is 0 Å². The van der Waals surface area contributed by atoms with Crippen LogP contribution >= 0.6 is 14.3 Å². The highest BCUT2D eigenvalue weighted by atomic mass is 31.2. The second-order valence-corrected chi connectivity index (χ2v) is 16.1. The quantitative estimate of drug-likeness (QED) is 0.165. The highest BCUT2D eigenvalue weighted by Gasteiger charge is 2.51. The molecule has 3 aliphatic rings. The number of fused-ring (bicyclic) bond motifs is 4. The van der Waals surface area contributed by atoms with Gasteiger partial charge in [0.25, 0.3) is 0 Å². The SMILES string of the molecule is C/C=C\C(=C/C)[P@@]1(=O)c2ccccc2N2C(=O)N3c4ccccc4P(=O)(c4ccccc4)c4ccc5ccc1c2c5c43. The van der Waals surface area contributed by atoms with E-state index in [1.165, 1.54) is 0 Å². The molecule has 0 aliphatic carbocycles. The Bertz CT molecular complexity index is 2170. The lowest BCUT2D eigenvalue weighted by Crippen LogP contribution is -2.52. The molecule has 0 spiro atoms. The van der Waals surface area contributed by atoms with Gasteiger partial charge in [0.05, 0.1) is 22.7 Å². The fourth-order valence-electron chi connectivity index (χ4n) is 6.91. The molecule has 42 heavy (non-hydrogen) atoms. The predicted molar refractivity (Wildman–Crippen MR) is 175 cm³/mol. The molecular weight excluding hydrogens is 558 g/mol. The van der Waals surface area contributed by atoms with Gasteiger partial charge in [-0.1, -0.05) is 85.0 Å². The van der Waals surface area contributed by atoms with Crippen LogP contribution < -0.4 is 36.3 Å². The zero-order valence-electron chi connectivity index (χ0n) is 23.1. The minimum absolute atomic E-state index is 0.276. The molecule has 0 N–H and O–H groups in total. The van der Waals surface area contributed by atoms with Crippen molar-refractivity contribution in [1.82, 2.24) is 0 Å². The highest BCUT2D eigenvalue weighted by Crippen LogP contribution is 2.64. The van der Waals surface area contributed by atoms with Crippen LogP contribution in [0, 0.1) is 0 Å². The smallest absolute Gasteiger partial charge is 0.308 e. The summed E-state index contributed by atoms with van der Waals surface area (Å²) in [4.78, 5) is 18.3. The van der Waals surface area contributed by atoms with E-state index in [2.05, 4.69) is 0 Å². The normalized spacial score (nSPS) is 22.0. The molecule has 2 amide bonds. The summed E-state index contributed by atoms with van der Waals surface area (Å²) in [5.41, 5.74) is 2.46. The summed E-state index contributed by atoms with van der Waals surface area (Å²) in [5, 5.41) is 5.63. The standard InChI is InChI=1S/C35H26N2O3P2/c1-3-12-24(4-2)41(39)28-17-10-8-15-26(28)36-33-30(41)21-19-23-20-22-31-34(32(23)33)37(35(36)38)27-16-9-11-18-29(27)42(31,40)25-13-6-5-7-14-25/h3-22H,1-2H3/b12-3-,24-4+/t41-,42?/m1/s1. The number of anilines is 4. The van der Waals surface area contributed by atoms with Crippen molar-refractivity contribution in [3.8, 4) is 0 Å². The zero-order chi connectivity index (χ0) is 28.8. The summed E-state index contributed by atoms with van der Waals surface area (Å²) in [7, 11) is -6.73. The third kappa shape index (κ3) is 2.92. The van der Waals surface area contributed by atoms with Crippen LogP contribution in [0.5, 0.6) is 0 Å². The first-order valence-corrected chi connectivity index (χ1v) is 17.4. The van der Waals surface area contributed by atoms with Gasteiger partial charge >= 0.3 is 6.03 Å². The van der Waals surface area contributed by atoms with E-state index in [4.69, 9.17) is 0 Å². The Labute approximate surface area is 244 Å². The molecule has 1 unspecified atom stereocenters. The fourth-order valence-corrected chi connectivity index (χ4v) is 13.0. The largest absolute Gasteiger partial charge is 0.338 e. The molecule has 0 bridgehead atoms. The van der Waals surface area contributed by atoms with E-state index >= 15 is 9.13 Å². The Morgan fingerprint density at radius 1 is 0.643 bits per heavy atom. The van der Waals surface area contributed by atoms with E-state index in [0.29, 0.717) is 54.6 Å². The van der Waals surface area contributed by atoms with Gasteiger partial charge in [0.1, 0.15) is 0 Å². The summed E-state index contributed by atoms with van der Waals surface area (Å²) in [6.07, 6.45) is 5.71. The minimum Gasteiger partial charge on any atom is -0.308 e. The maximum Gasteiger partial charge on any atom is 0.338 e. The number of nitrogens with zero attached hydrogens (tertiary/aromatic N) is 2. The maximum absolute atomic E-state index is 15.5. The van der Waals surface area contributed by atoms with E-state index in [-0.39, 0.29) is 6.03 Å². The summed E-state index contributed by atoms with van der Waals surface area (Å²) in [6.45, 7) is 3.82. The summed E-state index contributed by atoms with van der Waals surface area (Å²) < 4.78 is 31.0. The zero-order valence-corrected chi connectivity index (χ0v) is 24.8. The maximum atomic E-state index is 15.5. The van der Waals surface area contributed by atoms with Crippen LogP contribution in [-0.2, 0) is 9.13 Å². The van der Waals surface area contributed by atoms with Crippen LogP contribution in [0.2, 0.25) is 0 Å². The molecule has 5 aromatic rings. The van der Waals surface area contributed by atoms with Gasteiger partial charge in [0.2, 0.25) is 0 Å². The van der Waals surface area contributed by atoms with Gasteiger partial charge in [-0.3, -0.25) is 9.80 Å². The number of rotatable bonds is 3. The van der Waals surface area contributed by atoms with E-state index in [1.54, 1.807) is 9.80 Å². The molecule has 0 saturated heterocycles. The number of para-hydroxylation sites is 2. The fraction of sp³-hybridized carbons (Fsp3) is 0.0571. The first-order chi connectivity index (χ1) is 20.5. The van der Waals surface area contributed by atoms with E-state index < -0.39 is 14.3 Å². The molecule has 204 valence electrons. The second kappa shape index (κ2) is 8.79. The van der Waals surface area contributed by atoms with Crippen LogP contribution in [0.4, 0.5) is 27.5 Å². The van der Waals surface area contributed by atoms with Crippen LogP contribution in [-0.4, -0.2) is 6.03 Å². The van der Waals surface area contributed by atoms with Gasteiger partial charge < -0.3 is 9.13 Å². The molecular formula is C35H26N2O3P2. The first kappa shape index (κ1) is 25.3. The number of carbonyl (C=O) groups excluding carboxylic acids is 1. The lowest BCUT2D eigenvalue weighted by molar-refractivity contribution is 0.255. The molecule has 0 saturated carbocycles. The number of amides is 2. The molecule has 3 heterocycles. The Morgan fingerprint density at radius 3 is 1.88 bits per heavy atom. The summed E-state index contributed by atoms with van der Waals surface area (Å²) >= 11 is 0. The van der Waals surface area contributed by atoms with Crippen molar-refractivity contribution >= 4 is 80.4 Å². The van der Waals surface area contributed by atoms with Gasteiger partial charge in [-0.15, -0.1) is 0 Å². The van der Waals surface area contributed by atoms with Crippen LogP contribution in [0.25, 0.3) is 10.8 Å². The number of carbonyl (C=O) groups is 1. The molecule has 0 radical (unpaired) electrons. The molecule has 0 aromatic heterocycles. The predicted octanol–water partition coefficient (Wildman–Crippen LogP) is 7.31. The van der Waals surface area contributed by atoms with Crippen molar-refractivity contribution in [1.29, 1.82) is 0 Å². The Hall–Kier alpha value is -4.43. The Kier molecular flexibility index (Phi) is 5.29. The lowest BCUT2D eigenvalue weighted by atomic mass is 10.0. The molecule has 2 atom stereocenters. The van der Waals surface area contributed by atoms with Crippen LogP contribution in [0.15, 0.2) is 127 Å². The topological polar surface area (TPSA) is 57.7 Å². The number of benzene rings is 5. The van der Waals surface area contributed by atoms with Crippen molar-refractivity contribution in [3.05, 3.63) is 127 Å². The lowest BCUT2D eigenvalue weighted by Gasteiger charge is -2.46. The van der Waals surface area contributed by atoms with Crippen LogP contribution in [0.3, 0.4) is 0 Å². The second-order valence-electron chi connectivity index (χ2n) is 10.7. The van der Waals surface area contributed by atoms with Gasteiger partial charge in [0.15, 0.2) is 14.3 Å². The summed E-state index contributed by atoms with van der Waals surface area (Å²) in [5.74, 6) is 0. The van der Waals surface area contributed by atoms with Gasteiger partial charge in [0, 0.05) is 37.2 Å². The van der Waals surface area contributed by atoms with Crippen molar-refractivity contribution < 1.29 is 13.9 Å². The average molecular weight is 585 g/mol. The number of allylic oxidation sites excluding steroid dienone is 4. The molecule has 5 nitrogen and oxygen atoms in total. The molecule has 0 fully saturated rings. The third-order valence-electron chi connectivity index (χ3n) is 8.64. The number of hydrogen-bond donors (Lipinski definition) is 0. The minimum atomic E-state index is -3.36.